The number of aryl methyl sites for hydroxylation is 2. The van der Waals surface area contributed by atoms with Gasteiger partial charge in [-0.15, -0.1) is 0 Å². The van der Waals surface area contributed by atoms with E-state index in [1.807, 2.05) is 64.1 Å². The summed E-state index contributed by atoms with van der Waals surface area (Å²) in [6.07, 6.45) is 1.85. The third kappa shape index (κ3) is 7.60. The normalized spacial score (nSPS) is 13.2. The summed E-state index contributed by atoms with van der Waals surface area (Å²) in [6.45, 7) is 9.09. The Bertz CT molecular complexity index is 1050. The van der Waals surface area contributed by atoms with Crippen molar-refractivity contribution in [3.63, 3.8) is 0 Å². The zero-order valence-corrected chi connectivity index (χ0v) is 21.1. The van der Waals surface area contributed by atoms with Gasteiger partial charge in [0.15, 0.2) is 0 Å². The van der Waals surface area contributed by atoms with E-state index < -0.39 is 28.5 Å². The monoisotopic (exact) mass is 473 g/mol. The SMILES string of the molecule is CC[C@H](C)NC(=O)[C@H](C)N(Cc1ccccc1)C(=O)CN(c1cc(C)cc(C)c1)S(C)(=O)=O. The van der Waals surface area contributed by atoms with E-state index in [0.29, 0.717) is 5.69 Å². The molecular weight excluding hydrogens is 438 g/mol. The summed E-state index contributed by atoms with van der Waals surface area (Å²) in [6, 6.07) is 14.0. The minimum Gasteiger partial charge on any atom is -0.352 e. The van der Waals surface area contributed by atoms with Crippen molar-refractivity contribution in [3.8, 4) is 0 Å². The van der Waals surface area contributed by atoms with Gasteiger partial charge in [0.25, 0.3) is 0 Å². The molecule has 7 nitrogen and oxygen atoms in total. The summed E-state index contributed by atoms with van der Waals surface area (Å²) in [5, 5.41) is 2.92. The van der Waals surface area contributed by atoms with E-state index in [1.54, 1.807) is 19.1 Å². The maximum atomic E-state index is 13.5. The maximum absolute atomic E-state index is 13.5. The maximum Gasteiger partial charge on any atom is 0.244 e. The highest BCUT2D eigenvalue weighted by atomic mass is 32.2. The number of anilines is 1. The zero-order chi connectivity index (χ0) is 24.8. The third-order valence-electron chi connectivity index (χ3n) is 5.54. The number of nitrogens with one attached hydrogen (secondary N) is 1. The molecule has 0 saturated carbocycles. The highest BCUT2D eigenvalue weighted by Crippen LogP contribution is 2.22. The number of rotatable bonds is 10. The fourth-order valence-electron chi connectivity index (χ4n) is 3.54. The lowest BCUT2D eigenvalue weighted by atomic mass is 10.1. The molecule has 0 aliphatic carbocycles. The van der Waals surface area contributed by atoms with Crippen molar-refractivity contribution >= 4 is 27.5 Å². The van der Waals surface area contributed by atoms with Gasteiger partial charge in [0.2, 0.25) is 21.8 Å². The Morgan fingerprint density at radius 3 is 2.09 bits per heavy atom. The molecule has 0 bridgehead atoms. The summed E-state index contributed by atoms with van der Waals surface area (Å²) >= 11 is 0. The van der Waals surface area contributed by atoms with Crippen LogP contribution in [0.25, 0.3) is 0 Å². The lowest BCUT2D eigenvalue weighted by Gasteiger charge is -2.32. The molecule has 2 rings (SSSR count). The van der Waals surface area contributed by atoms with Gasteiger partial charge in [0.05, 0.1) is 11.9 Å². The molecule has 0 aliphatic heterocycles. The number of carbonyl (C=O) groups is 2. The number of sulfonamides is 1. The van der Waals surface area contributed by atoms with E-state index in [-0.39, 0.29) is 18.5 Å². The van der Waals surface area contributed by atoms with E-state index in [0.717, 1.165) is 33.7 Å². The fourth-order valence-corrected chi connectivity index (χ4v) is 4.37. The van der Waals surface area contributed by atoms with E-state index in [4.69, 9.17) is 0 Å². The van der Waals surface area contributed by atoms with Gasteiger partial charge in [-0.2, -0.15) is 0 Å². The Morgan fingerprint density at radius 1 is 1.00 bits per heavy atom. The first-order valence-electron chi connectivity index (χ1n) is 11.1. The molecule has 0 spiro atoms. The predicted octanol–water partition coefficient (Wildman–Crippen LogP) is 3.40. The van der Waals surface area contributed by atoms with Crippen LogP contribution in [0.4, 0.5) is 5.69 Å². The van der Waals surface area contributed by atoms with E-state index in [2.05, 4.69) is 5.32 Å². The minimum absolute atomic E-state index is 0.0311. The van der Waals surface area contributed by atoms with Crippen LogP contribution in [0.3, 0.4) is 0 Å². The lowest BCUT2D eigenvalue weighted by molar-refractivity contribution is -0.139. The van der Waals surface area contributed by atoms with Gasteiger partial charge in [-0.25, -0.2) is 8.42 Å². The van der Waals surface area contributed by atoms with Crippen LogP contribution in [0.2, 0.25) is 0 Å². The standard InChI is InChI=1S/C25H35N3O4S/c1-7-20(4)26-25(30)21(5)27(16-22-11-9-8-10-12-22)24(29)17-28(33(6,31)32)23-14-18(2)13-19(3)15-23/h8-15,20-21H,7,16-17H2,1-6H3,(H,26,30)/t20-,21-/m0/s1. The van der Waals surface area contributed by atoms with Crippen molar-refractivity contribution in [2.24, 2.45) is 0 Å². The first-order valence-corrected chi connectivity index (χ1v) is 13.0. The second-order valence-electron chi connectivity index (χ2n) is 8.62. The molecular formula is C25H35N3O4S. The van der Waals surface area contributed by atoms with Crippen LogP contribution >= 0.6 is 0 Å². The van der Waals surface area contributed by atoms with Crippen LogP contribution in [0.1, 0.15) is 43.9 Å². The quantitative estimate of drug-likeness (QED) is 0.573. The van der Waals surface area contributed by atoms with Crippen molar-refractivity contribution in [1.29, 1.82) is 0 Å². The molecule has 0 saturated heterocycles. The number of nitrogens with zero attached hydrogens (tertiary/aromatic N) is 2. The first-order chi connectivity index (χ1) is 15.4. The van der Waals surface area contributed by atoms with Crippen molar-refractivity contribution < 1.29 is 18.0 Å². The Hall–Kier alpha value is -2.87. The number of hydrogen-bond donors (Lipinski definition) is 1. The van der Waals surface area contributed by atoms with E-state index >= 15 is 0 Å². The van der Waals surface area contributed by atoms with Gasteiger partial charge < -0.3 is 10.2 Å². The van der Waals surface area contributed by atoms with Gasteiger partial charge in [0, 0.05) is 12.6 Å². The van der Waals surface area contributed by atoms with Crippen LogP contribution in [0, 0.1) is 13.8 Å². The highest BCUT2D eigenvalue weighted by molar-refractivity contribution is 7.92. The average molecular weight is 474 g/mol. The lowest BCUT2D eigenvalue weighted by Crippen LogP contribution is -2.52. The third-order valence-corrected chi connectivity index (χ3v) is 6.68. The Balaban J connectivity index is 2.39. The first kappa shape index (κ1) is 26.4. The molecule has 0 fully saturated rings. The fraction of sp³-hybridized carbons (Fsp3) is 0.440. The van der Waals surface area contributed by atoms with Crippen molar-refractivity contribution in [1.82, 2.24) is 10.2 Å². The van der Waals surface area contributed by atoms with Crippen LogP contribution in [0.15, 0.2) is 48.5 Å². The second-order valence-corrected chi connectivity index (χ2v) is 10.5. The van der Waals surface area contributed by atoms with Crippen molar-refractivity contribution in [3.05, 3.63) is 65.2 Å². The summed E-state index contributed by atoms with van der Waals surface area (Å²) in [5.41, 5.74) is 3.08. The molecule has 0 radical (unpaired) electrons. The van der Waals surface area contributed by atoms with Crippen LogP contribution in [-0.2, 0) is 26.2 Å². The van der Waals surface area contributed by atoms with E-state index in [9.17, 15) is 18.0 Å². The predicted molar refractivity (Wildman–Crippen MR) is 132 cm³/mol. The molecule has 2 atom stereocenters. The molecule has 0 unspecified atom stereocenters. The molecule has 8 heteroatoms. The van der Waals surface area contributed by atoms with Crippen LogP contribution < -0.4 is 9.62 Å². The summed E-state index contributed by atoms with van der Waals surface area (Å²) in [5.74, 6) is -0.721. The Morgan fingerprint density at radius 2 is 1.58 bits per heavy atom. The number of amides is 2. The summed E-state index contributed by atoms with van der Waals surface area (Å²) in [4.78, 5) is 27.8. The topological polar surface area (TPSA) is 86.8 Å². The van der Waals surface area contributed by atoms with Crippen molar-refractivity contribution in [2.75, 3.05) is 17.1 Å². The van der Waals surface area contributed by atoms with E-state index in [1.165, 1.54) is 4.90 Å². The second kappa shape index (κ2) is 11.3. The smallest absolute Gasteiger partial charge is 0.244 e. The highest BCUT2D eigenvalue weighted by Gasteiger charge is 2.30. The number of carbonyl (C=O) groups excluding carboxylic acids is 2. The molecule has 2 aromatic rings. The molecule has 1 N–H and O–H groups in total. The van der Waals surface area contributed by atoms with Gasteiger partial charge >= 0.3 is 0 Å². The van der Waals surface area contributed by atoms with Crippen LogP contribution in [-0.4, -0.2) is 50.0 Å². The number of benzene rings is 2. The molecule has 33 heavy (non-hydrogen) atoms. The summed E-state index contributed by atoms with van der Waals surface area (Å²) in [7, 11) is -3.74. The number of hydrogen-bond acceptors (Lipinski definition) is 4. The van der Waals surface area contributed by atoms with Crippen LogP contribution in [0.5, 0.6) is 0 Å². The largest absolute Gasteiger partial charge is 0.352 e. The zero-order valence-electron chi connectivity index (χ0n) is 20.3. The van der Waals surface area contributed by atoms with Gasteiger partial charge in [-0.05, 0) is 62.9 Å². The Labute approximate surface area is 197 Å². The molecule has 2 aromatic carbocycles. The van der Waals surface area contributed by atoms with Crippen molar-refractivity contribution in [2.45, 2.75) is 59.7 Å². The van der Waals surface area contributed by atoms with Gasteiger partial charge in [-0.1, -0.05) is 43.3 Å². The average Bonchev–Trinajstić information content (AvgIpc) is 2.74. The van der Waals surface area contributed by atoms with Gasteiger partial charge in [-0.3, -0.25) is 13.9 Å². The molecule has 0 aromatic heterocycles. The molecule has 0 aliphatic rings. The Kier molecular flexibility index (Phi) is 9.05. The van der Waals surface area contributed by atoms with Gasteiger partial charge in [0.1, 0.15) is 12.6 Å². The molecule has 2 amide bonds. The molecule has 180 valence electrons. The summed E-state index contributed by atoms with van der Waals surface area (Å²) < 4.78 is 26.4. The minimum atomic E-state index is -3.74. The molecule has 0 heterocycles.